The van der Waals surface area contributed by atoms with Crippen LogP contribution in [-0.2, 0) is 5.41 Å². The minimum absolute atomic E-state index is 0.0500. The van der Waals surface area contributed by atoms with Crippen LogP contribution in [0.25, 0.3) is 11.1 Å². The van der Waals surface area contributed by atoms with E-state index in [1.54, 1.807) is 0 Å². The maximum atomic E-state index is 13.0. The smallest absolute Gasteiger partial charge is 0.389 e. The maximum absolute atomic E-state index is 13.0. The number of rotatable bonds is 7. The third kappa shape index (κ3) is 6.87. The fourth-order valence-electron chi connectivity index (χ4n) is 4.18. The molecule has 0 aliphatic heterocycles. The highest BCUT2D eigenvalue weighted by Gasteiger charge is 2.30. The lowest BCUT2D eigenvalue weighted by Crippen LogP contribution is -2.14. The topological polar surface area (TPSA) is 46.5 Å². The summed E-state index contributed by atoms with van der Waals surface area (Å²) in [5, 5.41) is 9.12. The molecule has 3 nitrogen and oxygen atoms in total. The maximum Gasteiger partial charge on any atom is 0.389 e. The van der Waals surface area contributed by atoms with E-state index in [4.69, 9.17) is 9.84 Å². The van der Waals surface area contributed by atoms with Gasteiger partial charge in [0.2, 0.25) is 0 Å². The Bertz CT molecular complexity index is 1150. The van der Waals surface area contributed by atoms with Crippen LogP contribution < -0.4 is 4.74 Å². The first-order chi connectivity index (χ1) is 16.2. The normalized spacial score (nSPS) is 12.9. The number of carboxylic acid groups (broad SMARTS) is 1. The lowest BCUT2D eigenvalue weighted by Gasteiger charge is -2.23. The lowest BCUT2D eigenvalue weighted by molar-refractivity contribution is -0.139. The second kappa shape index (κ2) is 10.1. The molecule has 0 fully saturated rings. The third-order valence-corrected chi connectivity index (χ3v) is 6.04. The molecule has 0 heterocycles. The van der Waals surface area contributed by atoms with Gasteiger partial charge < -0.3 is 9.84 Å². The summed E-state index contributed by atoms with van der Waals surface area (Å²) >= 11 is 0. The van der Waals surface area contributed by atoms with Gasteiger partial charge >= 0.3 is 12.1 Å². The molecule has 0 saturated carbocycles. The van der Waals surface area contributed by atoms with Crippen molar-refractivity contribution in [3.8, 4) is 16.9 Å². The molecular formula is C29H31F3O3. The third-order valence-electron chi connectivity index (χ3n) is 6.04. The number of aromatic carboxylic acids is 1. The summed E-state index contributed by atoms with van der Waals surface area (Å²) in [6, 6.07) is 17.9. The molecule has 0 saturated heterocycles. The zero-order valence-corrected chi connectivity index (χ0v) is 20.7. The molecule has 0 aliphatic carbocycles. The monoisotopic (exact) mass is 484 g/mol. The van der Waals surface area contributed by atoms with Crippen molar-refractivity contribution in [1.82, 2.24) is 0 Å². The van der Waals surface area contributed by atoms with Crippen LogP contribution in [0, 0.1) is 13.8 Å². The van der Waals surface area contributed by atoms with Gasteiger partial charge in [-0.1, -0.05) is 57.2 Å². The van der Waals surface area contributed by atoms with Crippen LogP contribution >= 0.6 is 0 Å². The van der Waals surface area contributed by atoms with E-state index >= 15 is 0 Å². The summed E-state index contributed by atoms with van der Waals surface area (Å²) in [5.41, 5.74) is 5.90. The Morgan fingerprint density at radius 2 is 1.46 bits per heavy atom. The van der Waals surface area contributed by atoms with Crippen LogP contribution in [0.1, 0.15) is 72.3 Å². The van der Waals surface area contributed by atoms with Gasteiger partial charge in [0.25, 0.3) is 0 Å². The quantitative estimate of drug-likeness (QED) is 0.366. The minimum Gasteiger partial charge on any atom is -0.486 e. The molecule has 1 atom stereocenters. The summed E-state index contributed by atoms with van der Waals surface area (Å²) in [7, 11) is 0. The zero-order chi connectivity index (χ0) is 26.0. The molecule has 0 bridgehead atoms. The van der Waals surface area contributed by atoms with Gasteiger partial charge in [-0.25, -0.2) is 4.79 Å². The van der Waals surface area contributed by atoms with Crippen molar-refractivity contribution >= 4 is 5.97 Å². The van der Waals surface area contributed by atoms with Crippen LogP contribution in [-0.4, -0.2) is 17.3 Å². The Balaban J connectivity index is 1.90. The van der Waals surface area contributed by atoms with Crippen LogP contribution in [0.15, 0.2) is 60.7 Å². The first-order valence-corrected chi connectivity index (χ1v) is 11.5. The Morgan fingerprint density at radius 3 is 1.91 bits per heavy atom. The Hall–Kier alpha value is -3.28. The highest BCUT2D eigenvalue weighted by molar-refractivity contribution is 5.87. The van der Waals surface area contributed by atoms with Gasteiger partial charge in [-0.3, -0.25) is 0 Å². The average molecular weight is 485 g/mol. The average Bonchev–Trinajstić information content (AvgIpc) is 2.75. The van der Waals surface area contributed by atoms with Gasteiger partial charge in [-0.05, 0) is 83.3 Å². The van der Waals surface area contributed by atoms with Gasteiger partial charge in [0.1, 0.15) is 11.9 Å². The standard InChI is InChI=1S/C29H31F3O3/c1-18-16-24(17-19(2)26(18)21-10-12-23(13-11-21)28(3,4)5)35-25(14-15-29(30,31)32)20-6-8-22(9-7-20)27(33)34/h6-13,16-17,25H,14-15H2,1-5H3,(H,33,34)/t25-/m0/s1. The Labute approximate surface area is 204 Å². The van der Waals surface area contributed by atoms with Crippen molar-refractivity contribution in [2.24, 2.45) is 0 Å². The van der Waals surface area contributed by atoms with Gasteiger partial charge in [-0.15, -0.1) is 0 Å². The van der Waals surface area contributed by atoms with E-state index in [9.17, 15) is 18.0 Å². The van der Waals surface area contributed by atoms with Crippen molar-refractivity contribution in [1.29, 1.82) is 0 Å². The Kier molecular flexibility index (Phi) is 7.63. The molecule has 0 aromatic heterocycles. The fourth-order valence-corrected chi connectivity index (χ4v) is 4.18. The lowest BCUT2D eigenvalue weighted by atomic mass is 9.85. The van der Waals surface area contributed by atoms with Crippen molar-refractivity contribution in [3.63, 3.8) is 0 Å². The molecule has 0 amide bonds. The van der Waals surface area contributed by atoms with Crippen LogP contribution in [0.4, 0.5) is 13.2 Å². The van der Waals surface area contributed by atoms with Gasteiger partial charge in [-0.2, -0.15) is 13.2 Å². The number of halogens is 3. The second-order valence-electron chi connectivity index (χ2n) is 9.95. The molecule has 3 aromatic rings. The molecule has 186 valence electrons. The van der Waals surface area contributed by atoms with Gasteiger partial charge in [0.05, 0.1) is 5.56 Å². The number of ether oxygens (including phenoxy) is 1. The van der Waals surface area contributed by atoms with E-state index in [1.165, 1.54) is 29.8 Å². The van der Waals surface area contributed by atoms with Crippen LogP contribution in [0.3, 0.4) is 0 Å². The molecule has 0 spiro atoms. The Morgan fingerprint density at radius 1 is 0.914 bits per heavy atom. The van der Waals surface area contributed by atoms with Crippen molar-refractivity contribution in [3.05, 3.63) is 88.5 Å². The molecule has 35 heavy (non-hydrogen) atoms. The minimum atomic E-state index is -4.32. The SMILES string of the molecule is Cc1cc(O[C@@H](CCC(F)(F)F)c2ccc(C(=O)O)cc2)cc(C)c1-c1ccc(C(C)(C)C)cc1. The number of carboxylic acids is 1. The molecule has 3 aromatic carbocycles. The van der Waals surface area contributed by atoms with Crippen LogP contribution in [0.2, 0.25) is 0 Å². The summed E-state index contributed by atoms with van der Waals surface area (Å²) < 4.78 is 45.0. The van der Waals surface area contributed by atoms with Crippen molar-refractivity contribution in [2.75, 3.05) is 0 Å². The second-order valence-corrected chi connectivity index (χ2v) is 9.95. The number of benzene rings is 3. The van der Waals surface area contributed by atoms with Crippen molar-refractivity contribution in [2.45, 2.75) is 65.2 Å². The number of carbonyl (C=O) groups is 1. The molecule has 6 heteroatoms. The number of hydrogen-bond donors (Lipinski definition) is 1. The number of aryl methyl sites for hydroxylation is 2. The molecular weight excluding hydrogens is 453 g/mol. The first-order valence-electron chi connectivity index (χ1n) is 11.5. The largest absolute Gasteiger partial charge is 0.486 e. The number of alkyl halides is 3. The number of hydrogen-bond acceptors (Lipinski definition) is 2. The first kappa shape index (κ1) is 26.3. The van der Waals surface area contributed by atoms with E-state index < -0.39 is 24.7 Å². The molecule has 0 radical (unpaired) electrons. The predicted octanol–water partition coefficient (Wildman–Crippen LogP) is 8.43. The van der Waals surface area contributed by atoms with Crippen molar-refractivity contribution < 1.29 is 27.8 Å². The van der Waals surface area contributed by atoms with Crippen LogP contribution in [0.5, 0.6) is 5.75 Å². The summed E-state index contributed by atoms with van der Waals surface area (Å²) in [4.78, 5) is 11.1. The highest BCUT2D eigenvalue weighted by atomic mass is 19.4. The van der Waals surface area contributed by atoms with E-state index in [0.29, 0.717) is 11.3 Å². The van der Waals surface area contributed by atoms with E-state index in [-0.39, 0.29) is 17.4 Å². The van der Waals surface area contributed by atoms with E-state index in [2.05, 4.69) is 45.0 Å². The summed E-state index contributed by atoms with van der Waals surface area (Å²) in [6.45, 7) is 10.4. The predicted molar refractivity (Wildman–Crippen MR) is 132 cm³/mol. The van der Waals surface area contributed by atoms with Gasteiger partial charge in [0.15, 0.2) is 0 Å². The van der Waals surface area contributed by atoms with E-state index in [0.717, 1.165) is 22.3 Å². The summed E-state index contributed by atoms with van der Waals surface area (Å²) in [6.07, 6.45) is -6.47. The molecule has 0 aliphatic rings. The summed E-state index contributed by atoms with van der Waals surface area (Å²) in [5.74, 6) is -0.619. The molecule has 3 rings (SSSR count). The molecule has 0 unspecified atom stereocenters. The molecule has 1 N–H and O–H groups in total. The highest BCUT2D eigenvalue weighted by Crippen LogP contribution is 2.36. The fraction of sp³-hybridized carbons (Fsp3) is 0.345. The zero-order valence-electron chi connectivity index (χ0n) is 20.7. The van der Waals surface area contributed by atoms with Gasteiger partial charge in [0, 0.05) is 6.42 Å². The van der Waals surface area contributed by atoms with E-state index in [1.807, 2.05) is 26.0 Å².